The zero-order valence-electron chi connectivity index (χ0n) is 18.9. The van der Waals surface area contributed by atoms with Gasteiger partial charge in [-0.15, -0.1) is 0 Å². The zero-order chi connectivity index (χ0) is 21.9. The van der Waals surface area contributed by atoms with Crippen LogP contribution in [0, 0.1) is 0 Å². The summed E-state index contributed by atoms with van der Waals surface area (Å²) < 4.78 is 0. The highest BCUT2D eigenvalue weighted by molar-refractivity contribution is 5.36. The molecule has 31 heavy (non-hydrogen) atoms. The summed E-state index contributed by atoms with van der Waals surface area (Å²) in [5, 5.41) is 0. The maximum Gasteiger partial charge on any atom is 0.0234 e. The molecule has 0 aromatic heterocycles. The van der Waals surface area contributed by atoms with Crippen LogP contribution in [0.3, 0.4) is 0 Å². The van der Waals surface area contributed by atoms with Gasteiger partial charge in [0.15, 0.2) is 0 Å². The minimum Gasteiger partial charge on any atom is -0.298 e. The highest BCUT2D eigenvalue weighted by Crippen LogP contribution is 2.30. The summed E-state index contributed by atoms with van der Waals surface area (Å²) in [5.41, 5.74) is 5.52. The van der Waals surface area contributed by atoms with Gasteiger partial charge in [0, 0.05) is 18.5 Å². The quantitative estimate of drug-likeness (QED) is 0.323. The Kier molecular flexibility index (Phi) is 8.20. The largest absolute Gasteiger partial charge is 0.298 e. The van der Waals surface area contributed by atoms with Gasteiger partial charge < -0.3 is 0 Å². The first kappa shape index (κ1) is 22.5. The van der Waals surface area contributed by atoms with Crippen molar-refractivity contribution in [2.45, 2.75) is 32.4 Å². The van der Waals surface area contributed by atoms with Crippen LogP contribution in [0.4, 0.5) is 0 Å². The van der Waals surface area contributed by atoms with Gasteiger partial charge in [0.05, 0.1) is 0 Å². The number of hydrogen-bond donors (Lipinski definition) is 0. The summed E-state index contributed by atoms with van der Waals surface area (Å²) in [6.07, 6.45) is 0. The lowest BCUT2D eigenvalue weighted by molar-refractivity contribution is 0.319. The molecule has 0 radical (unpaired) electrons. The summed E-state index contributed by atoms with van der Waals surface area (Å²) in [5.74, 6) is 0. The Bertz CT molecular complexity index is 910. The SMILES string of the molecule is CC(C)(c1ccccc1)c1ccccc1.CN(Cc1ccccc1)Cc1ccccc1. The van der Waals surface area contributed by atoms with Gasteiger partial charge in [-0.3, -0.25) is 4.90 Å². The maximum atomic E-state index is 2.32. The van der Waals surface area contributed by atoms with Crippen molar-refractivity contribution in [3.05, 3.63) is 144 Å². The predicted octanol–water partition coefficient (Wildman–Crippen LogP) is 7.33. The molecule has 0 aliphatic rings. The summed E-state index contributed by atoms with van der Waals surface area (Å²) in [6, 6.07) is 42.4. The van der Waals surface area contributed by atoms with Gasteiger partial charge in [-0.1, -0.05) is 135 Å². The van der Waals surface area contributed by atoms with Crippen LogP contribution >= 0.6 is 0 Å². The van der Waals surface area contributed by atoms with Gasteiger partial charge in [-0.05, 0) is 29.3 Å². The molecule has 0 amide bonds. The average molecular weight is 408 g/mol. The summed E-state index contributed by atoms with van der Waals surface area (Å²) in [4.78, 5) is 2.32. The van der Waals surface area contributed by atoms with Gasteiger partial charge >= 0.3 is 0 Å². The molecule has 0 unspecified atom stereocenters. The fourth-order valence-corrected chi connectivity index (χ4v) is 3.72. The number of nitrogens with zero attached hydrogens (tertiary/aromatic N) is 1. The Morgan fingerprint density at radius 1 is 0.484 bits per heavy atom. The highest BCUT2D eigenvalue weighted by Gasteiger charge is 2.21. The van der Waals surface area contributed by atoms with E-state index in [1.807, 2.05) is 0 Å². The Labute approximate surface area is 188 Å². The third kappa shape index (κ3) is 6.94. The Morgan fingerprint density at radius 2 is 0.774 bits per heavy atom. The smallest absolute Gasteiger partial charge is 0.0234 e. The number of hydrogen-bond acceptors (Lipinski definition) is 1. The number of benzene rings is 4. The van der Waals surface area contributed by atoms with Crippen molar-refractivity contribution < 1.29 is 0 Å². The lowest BCUT2D eigenvalue weighted by atomic mass is 9.78. The normalized spacial score (nSPS) is 11.0. The highest BCUT2D eigenvalue weighted by atomic mass is 15.1. The average Bonchev–Trinajstić information content (AvgIpc) is 2.82. The van der Waals surface area contributed by atoms with E-state index in [0.717, 1.165) is 13.1 Å². The van der Waals surface area contributed by atoms with E-state index in [0.29, 0.717) is 0 Å². The van der Waals surface area contributed by atoms with Gasteiger partial charge in [0.2, 0.25) is 0 Å². The fourth-order valence-electron chi connectivity index (χ4n) is 3.72. The molecule has 0 aliphatic carbocycles. The second-order valence-corrected chi connectivity index (χ2v) is 8.50. The van der Waals surface area contributed by atoms with Crippen LogP contribution in [0.1, 0.15) is 36.1 Å². The molecule has 4 aromatic rings. The second kappa shape index (κ2) is 11.3. The monoisotopic (exact) mass is 407 g/mol. The van der Waals surface area contributed by atoms with E-state index in [2.05, 4.69) is 147 Å². The van der Waals surface area contributed by atoms with E-state index in [1.54, 1.807) is 0 Å². The predicted molar refractivity (Wildman–Crippen MR) is 133 cm³/mol. The van der Waals surface area contributed by atoms with E-state index < -0.39 is 0 Å². The van der Waals surface area contributed by atoms with Crippen LogP contribution < -0.4 is 0 Å². The van der Waals surface area contributed by atoms with E-state index in [4.69, 9.17) is 0 Å². The third-order valence-corrected chi connectivity index (χ3v) is 5.58. The molecule has 0 fully saturated rings. The van der Waals surface area contributed by atoms with Crippen molar-refractivity contribution in [1.29, 1.82) is 0 Å². The Balaban J connectivity index is 0.000000176. The lowest BCUT2D eigenvalue weighted by Gasteiger charge is -2.25. The second-order valence-electron chi connectivity index (χ2n) is 8.50. The van der Waals surface area contributed by atoms with Crippen molar-refractivity contribution in [3.63, 3.8) is 0 Å². The first-order valence-corrected chi connectivity index (χ1v) is 10.9. The third-order valence-electron chi connectivity index (χ3n) is 5.58. The molecule has 158 valence electrons. The van der Waals surface area contributed by atoms with Crippen LogP contribution in [0.15, 0.2) is 121 Å². The first-order valence-electron chi connectivity index (χ1n) is 10.9. The molecule has 1 nitrogen and oxygen atoms in total. The van der Waals surface area contributed by atoms with E-state index in [-0.39, 0.29) is 5.41 Å². The maximum absolute atomic E-state index is 2.32. The van der Waals surface area contributed by atoms with Crippen molar-refractivity contribution >= 4 is 0 Å². The molecule has 0 aliphatic heterocycles. The lowest BCUT2D eigenvalue weighted by Crippen LogP contribution is -2.18. The summed E-state index contributed by atoms with van der Waals surface area (Å²) in [7, 11) is 2.15. The van der Waals surface area contributed by atoms with Crippen molar-refractivity contribution in [1.82, 2.24) is 4.90 Å². The molecule has 4 rings (SSSR count). The van der Waals surface area contributed by atoms with Crippen molar-refractivity contribution in [2.75, 3.05) is 7.05 Å². The molecule has 0 saturated heterocycles. The standard InChI is InChI=1S/C15H17N.C15H16/c1-16(12-14-8-4-2-5-9-14)13-15-10-6-3-7-11-15;1-15(2,13-9-5-3-6-10-13)14-11-7-4-8-12-14/h2-11H,12-13H2,1H3;3-12H,1-2H3. The summed E-state index contributed by atoms with van der Waals surface area (Å²) in [6.45, 7) is 6.51. The van der Waals surface area contributed by atoms with E-state index in [9.17, 15) is 0 Å². The number of rotatable bonds is 6. The van der Waals surface area contributed by atoms with Crippen LogP contribution in [0.2, 0.25) is 0 Å². The molecule has 0 N–H and O–H groups in total. The van der Waals surface area contributed by atoms with Crippen LogP contribution in [0.25, 0.3) is 0 Å². The molecule has 0 heterocycles. The summed E-state index contributed by atoms with van der Waals surface area (Å²) >= 11 is 0. The molecular formula is C30H33N. The van der Waals surface area contributed by atoms with E-state index in [1.165, 1.54) is 22.3 Å². The van der Waals surface area contributed by atoms with E-state index >= 15 is 0 Å². The van der Waals surface area contributed by atoms with Crippen LogP contribution in [-0.2, 0) is 18.5 Å². The molecule has 0 atom stereocenters. The topological polar surface area (TPSA) is 3.24 Å². The van der Waals surface area contributed by atoms with Crippen molar-refractivity contribution in [3.8, 4) is 0 Å². The Hall–Kier alpha value is -3.16. The molecule has 1 heteroatoms. The van der Waals surface area contributed by atoms with Crippen LogP contribution in [-0.4, -0.2) is 11.9 Å². The first-order chi connectivity index (χ1) is 15.1. The molecule has 4 aromatic carbocycles. The minimum absolute atomic E-state index is 0.0858. The molecule has 0 spiro atoms. The fraction of sp³-hybridized carbons (Fsp3) is 0.200. The van der Waals surface area contributed by atoms with Crippen molar-refractivity contribution in [2.24, 2.45) is 0 Å². The zero-order valence-corrected chi connectivity index (χ0v) is 18.9. The Morgan fingerprint density at radius 3 is 1.10 bits per heavy atom. The minimum atomic E-state index is 0.0858. The van der Waals surface area contributed by atoms with Gasteiger partial charge in [-0.25, -0.2) is 0 Å². The van der Waals surface area contributed by atoms with Crippen LogP contribution in [0.5, 0.6) is 0 Å². The van der Waals surface area contributed by atoms with Gasteiger partial charge in [0.1, 0.15) is 0 Å². The van der Waals surface area contributed by atoms with Gasteiger partial charge in [0.25, 0.3) is 0 Å². The molecule has 0 bridgehead atoms. The molecular weight excluding hydrogens is 374 g/mol. The van der Waals surface area contributed by atoms with Gasteiger partial charge in [-0.2, -0.15) is 0 Å². The molecule has 0 saturated carbocycles.